The Kier molecular flexibility index (Phi) is 5.16. The minimum atomic E-state index is -0.873. The van der Waals surface area contributed by atoms with E-state index < -0.39 is 5.97 Å². The van der Waals surface area contributed by atoms with Gasteiger partial charge in [0.2, 0.25) is 5.91 Å². The lowest BCUT2D eigenvalue weighted by Crippen LogP contribution is -2.38. The molecule has 4 nitrogen and oxygen atoms in total. The predicted molar refractivity (Wildman–Crippen MR) is 77.6 cm³/mol. The first-order valence-corrected chi connectivity index (χ1v) is 7.26. The van der Waals surface area contributed by atoms with Crippen LogP contribution in [-0.4, -0.2) is 23.5 Å². The molecule has 4 heteroatoms. The van der Waals surface area contributed by atoms with Crippen molar-refractivity contribution < 1.29 is 14.7 Å². The van der Waals surface area contributed by atoms with E-state index in [2.05, 4.69) is 0 Å². The van der Waals surface area contributed by atoms with Gasteiger partial charge in [0.05, 0.1) is 6.42 Å². The lowest BCUT2D eigenvalue weighted by atomic mass is 9.88. The maximum absolute atomic E-state index is 12.6. The summed E-state index contributed by atoms with van der Waals surface area (Å²) < 4.78 is 0. The molecule has 2 rings (SSSR count). The molecule has 20 heavy (non-hydrogen) atoms. The summed E-state index contributed by atoms with van der Waals surface area (Å²) in [5, 5.41) is 8.86. The van der Waals surface area contributed by atoms with E-state index in [9.17, 15) is 9.59 Å². The summed E-state index contributed by atoms with van der Waals surface area (Å²) in [5.41, 5.74) is 0.796. The van der Waals surface area contributed by atoms with E-state index in [4.69, 9.17) is 5.11 Å². The summed E-state index contributed by atoms with van der Waals surface area (Å²) in [4.78, 5) is 25.1. The van der Waals surface area contributed by atoms with Gasteiger partial charge in [0.15, 0.2) is 0 Å². The monoisotopic (exact) mass is 275 g/mol. The lowest BCUT2D eigenvalue weighted by Gasteiger charge is -2.29. The Morgan fingerprint density at radius 3 is 2.35 bits per heavy atom. The number of carbonyl (C=O) groups is 2. The summed E-state index contributed by atoms with van der Waals surface area (Å²) in [7, 11) is 0. The van der Waals surface area contributed by atoms with Crippen molar-refractivity contribution in [1.82, 2.24) is 0 Å². The molecule has 1 amide bonds. The minimum Gasteiger partial charge on any atom is -0.481 e. The third kappa shape index (κ3) is 3.83. The Bertz CT molecular complexity index is 452. The van der Waals surface area contributed by atoms with Gasteiger partial charge in [-0.2, -0.15) is 0 Å². The number of nitrogens with zero attached hydrogens (tertiary/aromatic N) is 1. The van der Waals surface area contributed by atoms with Crippen LogP contribution < -0.4 is 4.90 Å². The van der Waals surface area contributed by atoms with Gasteiger partial charge < -0.3 is 10.0 Å². The SMILES string of the molecule is O=C(O)CCN(C(=O)C1CCCCC1)c1ccccc1. The Labute approximate surface area is 119 Å². The lowest BCUT2D eigenvalue weighted by molar-refractivity contribution is -0.136. The van der Waals surface area contributed by atoms with E-state index >= 15 is 0 Å². The van der Waals surface area contributed by atoms with E-state index in [1.54, 1.807) is 4.90 Å². The highest BCUT2D eigenvalue weighted by Gasteiger charge is 2.27. The molecule has 0 spiro atoms. The van der Waals surface area contributed by atoms with Crippen LogP contribution in [-0.2, 0) is 9.59 Å². The molecule has 108 valence electrons. The van der Waals surface area contributed by atoms with Gasteiger partial charge in [-0.15, -0.1) is 0 Å². The number of carboxylic acids is 1. The Morgan fingerprint density at radius 1 is 1.10 bits per heavy atom. The van der Waals surface area contributed by atoms with Crippen LogP contribution in [0.2, 0.25) is 0 Å². The molecule has 1 aromatic carbocycles. The fourth-order valence-electron chi connectivity index (χ4n) is 2.75. The number of hydrogen-bond acceptors (Lipinski definition) is 2. The van der Waals surface area contributed by atoms with Crippen LogP contribution >= 0.6 is 0 Å². The smallest absolute Gasteiger partial charge is 0.305 e. The predicted octanol–water partition coefficient (Wildman–Crippen LogP) is 3.07. The van der Waals surface area contributed by atoms with Crippen molar-refractivity contribution in [2.24, 2.45) is 5.92 Å². The second kappa shape index (κ2) is 7.08. The fourth-order valence-corrected chi connectivity index (χ4v) is 2.75. The molecular formula is C16H21NO3. The average Bonchev–Trinajstić information content (AvgIpc) is 2.49. The number of para-hydroxylation sites is 1. The summed E-state index contributed by atoms with van der Waals surface area (Å²) in [5.74, 6) is -0.739. The van der Waals surface area contributed by atoms with E-state index in [-0.39, 0.29) is 24.8 Å². The number of hydrogen-bond donors (Lipinski definition) is 1. The van der Waals surface area contributed by atoms with E-state index in [0.29, 0.717) is 0 Å². The van der Waals surface area contributed by atoms with Crippen molar-refractivity contribution >= 4 is 17.6 Å². The number of rotatable bonds is 5. The molecule has 1 aliphatic rings. The number of carboxylic acid groups (broad SMARTS) is 1. The molecule has 0 aliphatic heterocycles. The first-order valence-electron chi connectivity index (χ1n) is 7.26. The normalized spacial score (nSPS) is 15.8. The summed E-state index contributed by atoms with van der Waals surface area (Å²) in [6.07, 6.45) is 5.22. The molecule has 0 bridgehead atoms. The molecule has 1 saturated carbocycles. The fraction of sp³-hybridized carbons (Fsp3) is 0.500. The zero-order chi connectivity index (χ0) is 14.4. The molecule has 1 N–H and O–H groups in total. The van der Waals surface area contributed by atoms with Gasteiger partial charge in [0.25, 0.3) is 0 Å². The maximum Gasteiger partial charge on any atom is 0.305 e. The number of carbonyl (C=O) groups excluding carboxylic acids is 1. The molecule has 0 aromatic heterocycles. The first kappa shape index (κ1) is 14.6. The van der Waals surface area contributed by atoms with Crippen LogP contribution in [0.1, 0.15) is 38.5 Å². The number of aliphatic carboxylic acids is 1. The standard InChI is InChI=1S/C16H21NO3/c18-15(19)11-12-17(14-9-5-2-6-10-14)16(20)13-7-3-1-4-8-13/h2,5-6,9-10,13H,1,3-4,7-8,11-12H2,(H,18,19). The third-order valence-electron chi connectivity index (χ3n) is 3.84. The number of anilines is 1. The molecule has 1 aromatic rings. The molecular weight excluding hydrogens is 254 g/mol. The summed E-state index contributed by atoms with van der Waals surface area (Å²) in [6, 6.07) is 9.36. The van der Waals surface area contributed by atoms with Crippen LogP contribution in [0.3, 0.4) is 0 Å². The largest absolute Gasteiger partial charge is 0.481 e. The third-order valence-corrected chi connectivity index (χ3v) is 3.84. The molecule has 1 fully saturated rings. The second-order valence-electron chi connectivity index (χ2n) is 5.30. The van der Waals surface area contributed by atoms with Crippen molar-refractivity contribution in [3.05, 3.63) is 30.3 Å². The molecule has 0 heterocycles. The van der Waals surface area contributed by atoms with Gasteiger partial charge in [-0.1, -0.05) is 37.5 Å². The van der Waals surface area contributed by atoms with Gasteiger partial charge in [-0.05, 0) is 25.0 Å². The Hall–Kier alpha value is -1.84. The maximum atomic E-state index is 12.6. The Balaban J connectivity index is 2.12. The van der Waals surface area contributed by atoms with Crippen LogP contribution in [0.4, 0.5) is 5.69 Å². The van der Waals surface area contributed by atoms with Crippen molar-refractivity contribution in [2.45, 2.75) is 38.5 Å². The number of amides is 1. The van der Waals surface area contributed by atoms with Gasteiger partial charge >= 0.3 is 5.97 Å². The average molecular weight is 275 g/mol. The van der Waals surface area contributed by atoms with Crippen molar-refractivity contribution in [3.8, 4) is 0 Å². The number of benzene rings is 1. The highest BCUT2D eigenvalue weighted by molar-refractivity contribution is 5.95. The van der Waals surface area contributed by atoms with Crippen LogP contribution in [0.15, 0.2) is 30.3 Å². The quantitative estimate of drug-likeness (QED) is 0.898. The Morgan fingerprint density at radius 2 is 1.75 bits per heavy atom. The topological polar surface area (TPSA) is 57.6 Å². The highest BCUT2D eigenvalue weighted by Crippen LogP contribution is 2.27. The molecule has 0 radical (unpaired) electrons. The van der Waals surface area contributed by atoms with E-state index in [0.717, 1.165) is 31.4 Å². The van der Waals surface area contributed by atoms with Crippen LogP contribution in [0.5, 0.6) is 0 Å². The first-order chi connectivity index (χ1) is 9.68. The molecule has 0 saturated heterocycles. The van der Waals surface area contributed by atoms with Crippen molar-refractivity contribution in [3.63, 3.8) is 0 Å². The minimum absolute atomic E-state index is 0.0205. The van der Waals surface area contributed by atoms with Crippen LogP contribution in [0, 0.1) is 5.92 Å². The zero-order valence-electron chi connectivity index (χ0n) is 11.6. The zero-order valence-corrected chi connectivity index (χ0v) is 11.6. The van der Waals surface area contributed by atoms with Crippen LogP contribution in [0.25, 0.3) is 0 Å². The van der Waals surface area contributed by atoms with E-state index in [1.165, 1.54) is 6.42 Å². The highest BCUT2D eigenvalue weighted by atomic mass is 16.4. The van der Waals surface area contributed by atoms with Crippen molar-refractivity contribution in [2.75, 3.05) is 11.4 Å². The molecule has 1 aliphatic carbocycles. The molecule has 0 atom stereocenters. The van der Waals surface area contributed by atoms with Gasteiger partial charge in [-0.3, -0.25) is 9.59 Å². The second-order valence-corrected chi connectivity index (χ2v) is 5.30. The van der Waals surface area contributed by atoms with E-state index in [1.807, 2.05) is 30.3 Å². The van der Waals surface area contributed by atoms with Crippen molar-refractivity contribution in [1.29, 1.82) is 0 Å². The molecule has 0 unspecified atom stereocenters. The van der Waals surface area contributed by atoms with Gasteiger partial charge in [0.1, 0.15) is 0 Å². The summed E-state index contributed by atoms with van der Waals surface area (Å²) in [6.45, 7) is 0.245. The summed E-state index contributed by atoms with van der Waals surface area (Å²) >= 11 is 0. The van der Waals surface area contributed by atoms with Gasteiger partial charge in [-0.25, -0.2) is 0 Å². The van der Waals surface area contributed by atoms with Gasteiger partial charge in [0, 0.05) is 18.2 Å².